The number of hydrogen-bond acceptors (Lipinski definition) is 4. The van der Waals surface area contributed by atoms with Crippen LogP contribution in [-0.2, 0) is 9.47 Å². The van der Waals surface area contributed by atoms with Crippen LogP contribution < -0.4 is 0 Å². The lowest BCUT2D eigenvalue weighted by molar-refractivity contribution is -0.00936. The second-order valence-electron chi connectivity index (χ2n) is 8.37. The number of carbonyl (C=O) groups is 2. The van der Waals surface area contributed by atoms with E-state index in [0.717, 1.165) is 5.56 Å². The number of rotatable bonds is 2. The van der Waals surface area contributed by atoms with Crippen molar-refractivity contribution in [1.82, 2.24) is 4.90 Å². The largest absolute Gasteiger partial charge is 0.465 e. The SMILES string of the molecule is COC(=O)c1ccc(C2CCN(C(=O)OC(C)(C)C)C(C)(C)C2)cc1F. The lowest BCUT2D eigenvalue weighted by Crippen LogP contribution is -2.53. The van der Waals surface area contributed by atoms with Crippen LogP contribution in [0.25, 0.3) is 0 Å². The highest BCUT2D eigenvalue weighted by molar-refractivity contribution is 5.89. The number of benzene rings is 1. The summed E-state index contributed by atoms with van der Waals surface area (Å²) in [6.45, 7) is 10.0. The molecular weight excluding hydrogens is 337 g/mol. The van der Waals surface area contributed by atoms with Gasteiger partial charge in [-0.05, 0) is 71.1 Å². The van der Waals surface area contributed by atoms with Crippen molar-refractivity contribution in [3.63, 3.8) is 0 Å². The van der Waals surface area contributed by atoms with Crippen molar-refractivity contribution in [2.45, 2.75) is 64.5 Å². The molecule has 1 heterocycles. The maximum atomic E-state index is 14.2. The Kier molecular flexibility index (Phi) is 5.64. The molecule has 1 atom stereocenters. The minimum absolute atomic E-state index is 0.0679. The topological polar surface area (TPSA) is 55.8 Å². The summed E-state index contributed by atoms with van der Waals surface area (Å²) in [5.41, 5.74) is -0.201. The number of piperidine rings is 1. The van der Waals surface area contributed by atoms with Crippen molar-refractivity contribution < 1.29 is 23.5 Å². The Morgan fingerprint density at radius 3 is 2.42 bits per heavy atom. The summed E-state index contributed by atoms with van der Waals surface area (Å²) in [4.78, 5) is 25.8. The summed E-state index contributed by atoms with van der Waals surface area (Å²) < 4.78 is 24.3. The molecule has 0 spiro atoms. The fourth-order valence-corrected chi connectivity index (χ4v) is 3.40. The van der Waals surface area contributed by atoms with Crippen molar-refractivity contribution in [3.05, 3.63) is 35.1 Å². The standard InChI is InChI=1S/C20H28FNO4/c1-19(2,3)26-18(24)22-10-9-14(12-20(22,4)5)13-7-8-15(16(21)11-13)17(23)25-6/h7-8,11,14H,9-10,12H2,1-6H3. The van der Waals surface area contributed by atoms with E-state index in [2.05, 4.69) is 4.74 Å². The molecule has 0 N–H and O–H groups in total. The maximum absolute atomic E-state index is 14.2. The molecule has 1 fully saturated rings. The second kappa shape index (κ2) is 7.25. The van der Waals surface area contributed by atoms with Crippen LogP contribution in [0.3, 0.4) is 0 Å². The molecule has 0 bridgehead atoms. The van der Waals surface area contributed by atoms with Gasteiger partial charge in [-0.15, -0.1) is 0 Å². The number of methoxy groups -OCH3 is 1. The van der Waals surface area contributed by atoms with Gasteiger partial charge in [0.05, 0.1) is 12.7 Å². The van der Waals surface area contributed by atoms with E-state index in [4.69, 9.17) is 4.74 Å². The fraction of sp³-hybridized carbons (Fsp3) is 0.600. The summed E-state index contributed by atoms with van der Waals surface area (Å²) in [6.07, 6.45) is 1.07. The molecule has 1 unspecified atom stereocenters. The zero-order valence-corrected chi connectivity index (χ0v) is 16.4. The van der Waals surface area contributed by atoms with Crippen LogP contribution in [0.5, 0.6) is 0 Å². The van der Waals surface area contributed by atoms with Crippen LogP contribution in [-0.4, -0.2) is 41.8 Å². The number of carbonyl (C=O) groups excluding carboxylic acids is 2. The molecule has 0 aromatic heterocycles. The Morgan fingerprint density at radius 1 is 1.27 bits per heavy atom. The molecular formula is C20H28FNO4. The molecule has 1 aromatic carbocycles. The van der Waals surface area contributed by atoms with Gasteiger partial charge in [-0.1, -0.05) is 6.07 Å². The summed E-state index contributed by atoms with van der Waals surface area (Å²) in [6, 6.07) is 4.62. The average Bonchev–Trinajstić information content (AvgIpc) is 2.51. The molecule has 26 heavy (non-hydrogen) atoms. The number of nitrogens with zero attached hydrogens (tertiary/aromatic N) is 1. The highest BCUT2D eigenvalue weighted by Crippen LogP contribution is 2.38. The quantitative estimate of drug-likeness (QED) is 0.724. The lowest BCUT2D eigenvalue weighted by atomic mass is 9.79. The fourth-order valence-electron chi connectivity index (χ4n) is 3.40. The second-order valence-corrected chi connectivity index (χ2v) is 8.37. The van der Waals surface area contributed by atoms with Crippen molar-refractivity contribution in [2.24, 2.45) is 0 Å². The molecule has 0 saturated carbocycles. The normalized spacial score (nSPS) is 19.8. The van der Waals surface area contributed by atoms with Gasteiger partial charge in [0.25, 0.3) is 0 Å². The van der Waals surface area contributed by atoms with E-state index in [9.17, 15) is 14.0 Å². The highest BCUT2D eigenvalue weighted by Gasteiger charge is 2.40. The molecule has 144 valence electrons. The molecule has 1 aliphatic heterocycles. The number of likely N-dealkylation sites (tertiary alicyclic amines) is 1. The van der Waals surface area contributed by atoms with Crippen molar-refractivity contribution in [2.75, 3.05) is 13.7 Å². The number of esters is 1. The molecule has 1 aliphatic rings. The Balaban J connectivity index is 2.15. The van der Waals surface area contributed by atoms with Gasteiger partial charge in [0, 0.05) is 12.1 Å². The number of ether oxygens (including phenoxy) is 2. The highest BCUT2D eigenvalue weighted by atomic mass is 19.1. The first-order valence-corrected chi connectivity index (χ1v) is 8.83. The first kappa shape index (κ1) is 20.2. The van der Waals surface area contributed by atoms with Crippen LogP contribution in [0.2, 0.25) is 0 Å². The summed E-state index contributed by atoms with van der Waals surface area (Å²) in [5.74, 6) is -1.17. The third-order valence-corrected chi connectivity index (χ3v) is 4.66. The van der Waals surface area contributed by atoms with E-state index < -0.39 is 22.9 Å². The molecule has 1 aromatic rings. The van der Waals surface area contributed by atoms with E-state index in [0.29, 0.717) is 19.4 Å². The van der Waals surface area contributed by atoms with Crippen LogP contribution in [0, 0.1) is 5.82 Å². The van der Waals surface area contributed by atoms with Gasteiger partial charge >= 0.3 is 12.1 Å². The first-order chi connectivity index (χ1) is 11.9. The average molecular weight is 365 g/mol. The maximum Gasteiger partial charge on any atom is 0.410 e. The van der Waals surface area contributed by atoms with Crippen LogP contribution in [0.15, 0.2) is 18.2 Å². The molecule has 2 rings (SSSR count). The van der Waals surface area contributed by atoms with E-state index in [1.54, 1.807) is 11.0 Å². The molecule has 1 amide bonds. The zero-order chi connectivity index (χ0) is 19.7. The van der Waals surface area contributed by atoms with E-state index >= 15 is 0 Å². The molecule has 0 aliphatic carbocycles. The van der Waals surface area contributed by atoms with Crippen molar-refractivity contribution in [1.29, 1.82) is 0 Å². The molecule has 5 nitrogen and oxygen atoms in total. The smallest absolute Gasteiger partial charge is 0.410 e. The van der Waals surface area contributed by atoms with E-state index in [1.807, 2.05) is 34.6 Å². The Morgan fingerprint density at radius 2 is 1.92 bits per heavy atom. The Labute approximate surface area is 154 Å². The monoisotopic (exact) mass is 365 g/mol. The predicted molar refractivity (Wildman–Crippen MR) is 96.7 cm³/mol. The van der Waals surface area contributed by atoms with Crippen LogP contribution >= 0.6 is 0 Å². The van der Waals surface area contributed by atoms with Gasteiger partial charge in [-0.3, -0.25) is 0 Å². The Hall–Kier alpha value is -2.11. The first-order valence-electron chi connectivity index (χ1n) is 8.83. The van der Waals surface area contributed by atoms with Gasteiger partial charge in [-0.25, -0.2) is 14.0 Å². The number of amides is 1. The Bertz CT molecular complexity index is 694. The molecule has 0 radical (unpaired) electrons. The minimum atomic E-state index is -0.686. The third-order valence-electron chi connectivity index (χ3n) is 4.66. The summed E-state index contributed by atoms with van der Waals surface area (Å²) >= 11 is 0. The van der Waals surface area contributed by atoms with E-state index in [1.165, 1.54) is 19.2 Å². The van der Waals surface area contributed by atoms with Gasteiger partial charge < -0.3 is 14.4 Å². The van der Waals surface area contributed by atoms with Crippen molar-refractivity contribution in [3.8, 4) is 0 Å². The number of hydrogen-bond donors (Lipinski definition) is 0. The minimum Gasteiger partial charge on any atom is -0.465 e. The third kappa shape index (κ3) is 4.54. The zero-order valence-electron chi connectivity index (χ0n) is 16.4. The lowest BCUT2D eigenvalue weighted by Gasteiger charge is -2.45. The number of halogens is 1. The van der Waals surface area contributed by atoms with Gasteiger partial charge in [0.1, 0.15) is 11.4 Å². The van der Waals surface area contributed by atoms with Crippen molar-refractivity contribution >= 4 is 12.1 Å². The summed E-state index contributed by atoms with van der Waals surface area (Å²) in [7, 11) is 1.23. The van der Waals surface area contributed by atoms with Crippen LogP contribution in [0.1, 0.15) is 69.3 Å². The van der Waals surface area contributed by atoms with E-state index in [-0.39, 0.29) is 17.6 Å². The van der Waals surface area contributed by atoms with Crippen LogP contribution in [0.4, 0.5) is 9.18 Å². The van der Waals surface area contributed by atoms with Gasteiger partial charge in [-0.2, -0.15) is 0 Å². The molecule has 1 saturated heterocycles. The summed E-state index contributed by atoms with van der Waals surface area (Å²) in [5, 5.41) is 0. The van der Waals surface area contributed by atoms with Gasteiger partial charge in [0.2, 0.25) is 0 Å². The molecule has 6 heteroatoms. The predicted octanol–water partition coefficient (Wildman–Crippen LogP) is 4.51. The van der Waals surface area contributed by atoms with Gasteiger partial charge in [0.15, 0.2) is 0 Å².